The fourth-order valence-electron chi connectivity index (χ4n) is 1.74. The van der Waals surface area contributed by atoms with Gasteiger partial charge in [0.15, 0.2) is 0 Å². The lowest BCUT2D eigenvalue weighted by Gasteiger charge is -2.21. The summed E-state index contributed by atoms with van der Waals surface area (Å²) in [5, 5.41) is 12.4. The van der Waals surface area contributed by atoms with Gasteiger partial charge in [-0.15, -0.1) is 0 Å². The third-order valence-corrected chi connectivity index (χ3v) is 2.87. The number of hydrogen-bond donors (Lipinski definition) is 2. The fourth-order valence-corrected chi connectivity index (χ4v) is 1.97. The lowest BCUT2D eigenvalue weighted by atomic mass is 10.2. The van der Waals surface area contributed by atoms with Gasteiger partial charge in [-0.05, 0) is 19.4 Å². The molecule has 0 radical (unpaired) electrons. The summed E-state index contributed by atoms with van der Waals surface area (Å²) in [7, 11) is 0. The van der Waals surface area contributed by atoms with E-state index < -0.39 is 0 Å². The maximum atomic E-state index is 12.2. The lowest BCUT2D eigenvalue weighted by Crippen LogP contribution is -2.34. The topological polar surface area (TPSA) is 65.5 Å². The minimum Gasteiger partial charge on any atom is -0.395 e. The Morgan fingerprint density at radius 2 is 2.21 bits per heavy atom. The first-order chi connectivity index (χ1) is 9.13. The Balaban J connectivity index is 2.88. The highest BCUT2D eigenvalue weighted by molar-refractivity contribution is 6.33. The van der Waals surface area contributed by atoms with Crippen LogP contribution in [0.2, 0.25) is 5.02 Å². The number of aromatic nitrogens is 1. The number of rotatable bonds is 7. The summed E-state index contributed by atoms with van der Waals surface area (Å²) in [6.07, 6.45) is 2.34. The Morgan fingerprint density at radius 1 is 1.47 bits per heavy atom. The van der Waals surface area contributed by atoms with Crippen molar-refractivity contribution in [2.45, 2.75) is 20.3 Å². The van der Waals surface area contributed by atoms with Crippen LogP contribution in [0.3, 0.4) is 0 Å². The van der Waals surface area contributed by atoms with Crippen molar-refractivity contribution in [3.63, 3.8) is 0 Å². The number of anilines is 1. The first kappa shape index (κ1) is 15.7. The van der Waals surface area contributed by atoms with Crippen LogP contribution >= 0.6 is 11.6 Å². The van der Waals surface area contributed by atoms with Crippen molar-refractivity contribution >= 4 is 23.3 Å². The number of amides is 1. The molecule has 0 aliphatic carbocycles. The van der Waals surface area contributed by atoms with E-state index in [1.165, 1.54) is 6.20 Å². The van der Waals surface area contributed by atoms with Crippen LogP contribution in [0.4, 0.5) is 5.82 Å². The smallest absolute Gasteiger partial charge is 0.255 e. The maximum absolute atomic E-state index is 12.2. The second-order valence-corrected chi connectivity index (χ2v) is 4.51. The van der Waals surface area contributed by atoms with Crippen LogP contribution in [-0.2, 0) is 0 Å². The molecule has 1 aromatic heterocycles. The summed E-state index contributed by atoms with van der Waals surface area (Å²) in [6.45, 7) is 5.51. The van der Waals surface area contributed by atoms with Crippen LogP contribution in [0.5, 0.6) is 0 Å². The molecule has 0 aliphatic rings. The van der Waals surface area contributed by atoms with Crippen molar-refractivity contribution in [2.24, 2.45) is 0 Å². The SMILES string of the molecule is CCCN(CCO)C(=O)c1cnc(NCC)c(Cl)c1. The highest BCUT2D eigenvalue weighted by atomic mass is 35.5. The van der Waals surface area contributed by atoms with Crippen molar-refractivity contribution in [2.75, 3.05) is 31.6 Å². The predicted molar refractivity (Wildman–Crippen MR) is 76.7 cm³/mol. The van der Waals surface area contributed by atoms with Crippen LogP contribution in [-0.4, -0.2) is 47.1 Å². The van der Waals surface area contributed by atoms with E-state index in [1.54, 1.807) is 11.0 Å². The average Bonchev–Trinajstić information content (AvgIpc) is 2.40. The molecule has 0 bridgehead atoms. The Morgan fingerprint density at radius 3 is 2.74 bits per heavy atom. The van der Waals surface area contributed by atoms with Gasteiger partial charge in [-0.2, -0.15) is 0 Å². The zero-order valence-corrected chi connectivity index (χ0v) is 12.1. The summed E-state index contributed by atoms with van der Waals surface area (Å²) in [5.74, 6) is 0.415. The van der Waals surface area contributed by atoms with Gasteiger partial charge in [0, 0.05) is 25.8 Å². The van der Waals surface area contributed by atoms with E-state index in [0.717, 1.165) is 6.42 Å². The van der Waals surface area contributed by atoms with Gasteiger partial charge in [0.25, 0.3) is 5.91 Å². The zero-order valence-electron chi connectivity index (χ0n) is 11.3. The van der Waals surface area contributed by atoms with Crippen molar-refractivity contribution in [1.29, 1.82) is 0 Å². The highest BCUT2D eigenvalue weighted by Crippen LogP contribution is 2.20. The quantitative estimate of drug-likeness (QED) is 0.804. The number of halogens is 1. The van der Waals surface area contributed by atoms with Gasteiger partial charge in [0.1, 0.15) is 5.82 Å². The van der Waals surface area contributed by atoms with Crippen LogP contribution < -0.4 is 5.32 Å². The Kier molecular flexibility index (Phi) is 6.59. The molecule has 1 heterocycles. The third-order valence-electron chi connectivity index (χ3n) is 2.58. The number of nitrogens with one attached hydrogen (secondary N) is 1. The van der Waals surface area contributed by atoms with Crippen molar-refractivity contribution in [1.82, 2.24) is 9.88 Å². The van der Waals surface area contributed by atoms with Crippen molar-refractivity contribution < 1.29 is 9.90 Å². The second kappa shape index (κ2) is 7.96. The van der Waals surface area contributed by atoms with Gasteiger partial charge in [0.05, 0.1) is 17.2 Å². The normalized spacial score (nSPS) is 10.3. The van der Waals surface area contributed by atoms with Gasteiger partial charge in [-0.3, -0.25) is 4.79 Å². The number of aliphatic hydroxyl groups is 1. The summed E-state index contributed by atoms with van der Waals surface area (Å²) in [6, 6.07) is 1.61. The first-order valence-electron chi connectivity index (χ1n) is 6.43. The molecule has 2 N–H and O–H groups in total. The fraction of sp³-hybridized carbons (Fsp3) is 0.538. The molecule has 5 nitrogen and oxygen atoms in total. The standard InChI is InChI=1S/C13H20ClN3O2/c1-3-5-17(6-7-18)13(19)10-8-11(14)12(15-4-2)16-9-10/h8-9,18H,3-7H2,1-2H3,(H,15,16). The molecule has 0 saturated heterocycles. The van der Waals surface area contributed by atoms with Gasteiger partial charge in [-0.1, -0.05) is 18.5 Å². The molecule has 1 aromatic rings. The second-order valence-electron chi connectivity index (χ2n) is 4.10. The van der Waals surface area contributed by atoms with Gasteiger partial charge in [-0.25, -0.2) is 4.98 Å². The van der Waals surface area contributed by atoms with Crippen LogP contribution in [0.15, 0.2) is 12.3 Å². The van der Waals surface area contributed by atoms with Gasteiger partial charge in [0.2, 0.25) is 0 Å². The lowest BCUT2D eigenvalue weighted by molar-refractivity contribution is 0.0721. The van der Waals surface area contributed by atoms with E-state index in [1.807, 2.05) is 13.8 Å². The van der Waals surface area contributed by atoms with Crippen LogP contribution in [0.1, 0.15) is 30.6 Å². The van der Waals surface area contributed by atoms with Crippen molar-refractivity contribution in [3.05, 3.63) is 22.8 Å². The number of nitrogens with zero attached hydrogens (tertiary/aromatic N) is 2. The van der Waals surface area contributed by atoms with Gasteiger partial charge >= 0.3 is 0 Å². The minimum absolute atomic E-state index is 0.0532. The molecule has 0 aromatic carbocycles. The van der Waals surface area contributed by atoms with E-state index >= 15 is 0 Å². The molecule has 0 aliphatic heterocycles. The Labute approximate surface area is 118 Å². The Bertz CT molecular complexity index is 420. The van der Waals surface area contributed by atoms with Crippen molar-refractivity contribution in [3.8, 4) is 0 Å². The largest absolute Gasteiger partial charge is 0.395 e. The molecule has 19 heavy (non-hydrogen) atoms. The highest BCUT2D eigenvalue weighted by Gasteiger charge is 2.16. The molecule has 0 spiro atoms. The molecule has 1 amide bonds. The molecule has 0 atom stereocenters. The molecule has 106 valence electrons. The van der Waals surface area contributed by atoms with Crippen LogP contribution in [0.25, 0.3) is 0 Å². The third kappa shape index (κ3) is 4.36. The van der Waals surface area contributed by atoms with E-state index in [-0.39, 0.29) is 12.5 Å². The summed E-state index contributed by atoms with van der Waals surface area (Å²) >= 11 is 6.07. The van der Waals surface area contributed by atoms with E-state index in [4.69, 9.17) is 16.7 Å². The molecule has 0 unspecified atom stereocenters. The average molecular weight is 286 g/mol. The number of carbonyl (C=O) groups excluding carboxylic acids is 1. The van der Waals surface area contributed by atoms with E-state index in [0.29, 0.717) is 36.0 Å². The monoisotopic (exact) mass is 285 g/mol. The number of carbonyl (C=O) groups is 1. The summed E-state index contributed by atoms with van der Waals surface area (Å²) in [5.41, 5.74) is 0.438. The van der Waals surface area contributed by atoms with E-state index in [9.17, 15) is 4.79 Å². The van der Waals surface area contributed by atoms with E-state index in [2.05, 4.69) is 10.3 Å². The molecule has 0 saturated carbocycles. The summed E-state index contributed by atoms with van der Waals surface area (Å²) in [4.78, 5) is 18.0. The van der Waals surface area contributed by atoms with Gasteiger partial charge < -0.3 is 15.3 Å². The zero-order chi connectivity index (χ0) is 14.3. The predicted octanol–water partition coefficient (Wildman–Crippen LogP) is 2.01. The molecule has 6 heteroatoms. The molecular formula is C13H20ClN3O2. The minimum atomic E-state index is -0.159. The number of pyridine rings is 1. The summed E-state index contributed by atoms with van der Waals surface area (Å²) < 4.78 is 0. The molecular weight excluding hydrogens is 266 g/mol. The van der Waals surface area contributed by atoms with Crippen LogP contribution in [0, 0.1) is 0 Å². The molecule has 1 rings (SSSR count). The first-order valence-corrected chi connectivity index (χ1v) is 6.81. The number of aliphatic hydroxyl groups excluding tert-OH is 1. The molecule has 0 fully saturated rings. The number of hydrogen-bond acceptors (Lipinski definition) is 4. The maximum Gasteiger partial charge on any atom is 0.255 e. The Hall–Kier alpha value is -1.33.